The van der Waals surface area contributed by atoms with Gasteiger partial charge >= 0.3 is 0 Å². The first kappa shape index (κ1) is 10.8. The van der Waals surface area contributed by atoms with Crippen LogP contribution in [0.4, 0.5) is 0 Å². The van der Waals surface area contributed by atoms with Gasteiger partial charge in [0.2, 0.25) is 0 Å². The molecule has 7 heteroatoms. The zero-order valence-electron chi connectivity index (χ0n) is 6.01. The Morgan fingerprint density at radius 1 is 1.55 bits per heavy atom. The molecule has 11 heavy (non-hydrogen) atoms. The van der Waals surface area contributed by atoms with E-state index in [1.165, 1.54) is 6.92 Å². The van der Waals surface area contributed by atoms with Crippen LogP contribution in [0.15, 0.2) is 0 Å². The van der Waals surface area contributed by atoms with Crippen LogP contribution >= 0.6 is 0 Å². The van der Waals surface area contributed by atoms with Crippen molar-refractivity contribution in [2.24, 2.45) is 0 Å². The highest BCUT2D eigenvalue weighted by Crippen LogP contribution is 1.94. The molecule has 0 aromatic heterocycles. The molecular formula is C4H11NO5S. The monoisotopic (exact) mass is 185 g/mol. The van der Waals surface area contributed by atoms with Crippen LogP contribution in [0.3, 0.4) is 0 Å². The molecule has 0 aliphatic rings. The lowest BCUT2D eigenvalue weighted by Crippen LogP contribution is -2.37. The predicted octanol–water partition coefficient (Wildman–Crippen LogP) is -1.10. The van der Waals surface area contributed by atoms with Gasteiger partial charge in [-0.15, -0.1) is 0 Å². The van der Waals surface area contributed by atoms with Gasteiger partial charge in [-0.25, -0.2) is 0 Å². The number of rotatable bonds is 4. The molecule has 0 radical (unpaired) electrons. The molecule has 68 valence electrons. The minimum Gasteiger partial charge on any atom is -0.375 e. The van der Waals surface area contributed by atoms with Crippen LogP contribution < -0.4 is 0 Å². The van der Waals surface area contributed by atoms with Gasteiger partial charge < -0.3 is 10.3 Å². The average molecular weight is 185 g/mol. The van der Waals surface area contributed by atoms with Crippen LogP contribution in [-0.2, 0) is 10.1 Å². The van der Waals surface area contributed by atoms with Crippen LogP contribution in [0.5, 0.6) is 0 Å². The summed E-state index contributed by atoms with van der Waals surface area (Å²) in [4.78, 5) is 0. The molecule has 6 nitrogen and oxygen atoms in total. The zero-order chi connectivity index (χ0) is 9.07. The van der Waals surface area contributed by atoms with Gasteiger partial charge in [-0.05, 0) is 6.92 Å². The second-order valence-corrected chi connectivity index (χ2v) is 3.48. The quantitative estimate of drug-likeness (QED) is 0.292. The highest BCUT2D eigenvalue weighted by atomic mass is 32.2. The Morgan fingerprint density at radius 2 is 2.00 bits per heavy atom. The molecule has 3 N–H and O–H groups in total. The van der Waals surface area contributed by atoms with E-state index >= 15 is 0 Å². The number of aliphatic hydroxyl groups excluding tert-OH is 1. The summed E-state index contributed by atoms with van der Waals surface area (Å²) >= 11 is 0. The van der Waals surface area contributed by atoms with E-state index in [1.54, 1.807) is 0 Å². The molecule has 0 spiro atoms. The molecular weight excluding hydrogens is 174 g/mol. The van der Waals surface area contributed by atoms with Crippen molar-refractivity contribution in [1.29, 1.82) is 0 Å². The Balaban J connectivity index is 3.98. The Labute approximate surface area is 64.8 Å². The van der Waals surface area contributed by atoms with Crippen LogP contribution in [0.25, 0.3) is 0 Å². The van der Waals surface area contributed by atoms with E-state index in [0.717, 1.165) is 0 Å². The summed E-state index contributed by atoms with van der Waals surface area (Å²) in [5.41, 5.74) is 0. The van der Waals surface area contributed by atoms with Crippen LogP contribution in [0.2, 0.25) is 0 Å². The number of aliphatic hydroxyl groups is 1. The zero-order valence-corrected chi connectivity index (χ0v) is 6.82. The molecule has 0 rings (SSSR count). The maximum atomic E-state index is 10.1. The molecule has 0 aliphatic carbocycles. The van der Waals surface area contributed by atoms with Gasteiger partial charge in [0, 0.05) is 6.54 Å². The van der Waals surface area contributed by atoms with E-state index in [2.05, 4.69) is 0 Å². The van der Waals surface area contributed by atoms with Crippen molar-refractivity contribution in [3.63, 3.8) is 0 Å². The Hall–Kier alpha value is -0.210. The molecule has 0 heterocycles. The number of hydrogen-bond acceptors (Lipinski definition) is 5. The summed E-state index contributed by atoms with van der Waals surface area (Å²) in [5, 5.41) is 17.9. The molecule has 0 aromatic carbocycles. The summed E-state index contributed by atoms with van der Waals surface area (Å²) in [5.74, 6) is -0.892. The van der Waals surface area contributed by atoms with Crippen LogP contribution in [0, 0.1) is 0 Å². The van der Waals surface area contributed by atoms with Gasteiger partial charge in [0.25, 0.3) is 10.1 Å². The molecule has 0 saturated heterocycles. The maximum Gasteiger partial charge on any atom is 0.268 e. The van der Waals surface area contributed by atoms with E-state index < -0.39 is 22.1 Å². The van der Waals surface area contributed by atoms with E-state index in [9.17, 15) is 8.42 Å². The Bertz CT molecular complexity index is 201. The Kier molecular flexibility index (Phi) is 3.90. The van der Waals surface area contributed by atoms with Gasteiger partial charge in [0.05, 0.1) is 0 Å². The second kappa shape index (κ2) is 3.98. The number of nitrogens with zero attached hydrogens (tertiary/aromatic N) is 1. The third-order valence-electron chi connectivity index (χ3n) is 1.03. The highest BCUT2D eigenvalue weighted by Gasteiger charge is 2.18. The molecule has 0 aliphatic heterocycles. The molecule has 0 saturated carbocycles. The summed E-state index contributed by atoms with van der Waals surface area (Å²) in [6.07, 6.45) is -1.57. The first-order chi connectivity index (χ1) is 4.87. The largest absolute Gasteiger partial charge is 0.375 e. The van der Waals surface area contributed by atoms with Crippen molar-refractivity contribution in [3.8, 4) is 0 Å². The fourth-order valence-electron chi connectivity index (χ4n) is 0.485. The maximum absolute atomic E-state index is 10.1. The lowest BCUT2D eigenvalue weighted by molar-refractivity contribution is -0.183. The molecule has 0 amide bonds. The van der Waals surface area contributed by atoms with Gasteiger partial charge in [-0.2, -0.15) is 13.5 Å². The third-order valence-corrected chi connectivity index (χ3v) is 1.75. The summed E-state index contributed by atoms with van der Waals surface area (Å²) in [6, 6.07) is 0. The average Bonchev–Trinajstić information content (AvgIpc) is 1.82. The van der Waals surface area contributed by atoms with E-state index in [1.807, 2.05) is 0 Å². The van der Waals surface area contributed by atoms with E-state index in [4.69, 9.17) is 14.9 Å². The van der Waals surface area contributed by atoms with Crippen molar-refractivity contribution < 1.29 is 23.3 Å². The van der Waals surface area contributed by atoms with Crippen molar-refractivity contribution >= 4 is 10.1 Å². The van der Waals surface area contributed by atoms with E-state index in [0.29, 0.717) is 5.06 Å². The lowest BCUT2D eigenvalue weighted by Gasteiger charge is -2.17. The minimum atomic E-state index is -4.23. The fraction of sp³-hybridized carbons (Fsp3) is 1.00. The standard InChI is InChI=1S/C4H11NO5S/c1-2-5(7)4(6)3-11(8,9)10/h4,6-7H,2-3H2,1H3,(H,8,9,10). The SMILES string of the molecule is CCN(O)C(O)CS(=O)(=O)O. The van der Waals surface area contributed by atoms with Crippen LogP contribution in [-0.4, -0.2) is 46.9 Å². The summed E-state index contributed by atoms with van der Waals surface area (Å²) < 4.78 is 28.4. The predicted molar refractivity (Wildman–Crippen MR) is 36.6 cm³/mol. The summed E-state index contributed by atoms with van der Waals surface area (Å²) in [7, 11) is -4.23. The number of hydroxylamine groups is 2. The van der Waals surface area contributed by atoms with Crippen molar-refractivity contribution in [2.75, 3.05) is 12.3 Å². The number of hydrogen-bond donors (Lipinski definition) is 3. The first-order valence-electron chi connectivity index (χ1n) is 2.95. The molecule has 0 bridgehead atoms. The van der Waals surface area contributed by atoms with Gasteiger partial charge in [0.1, 0.15) is 12.0 Å². The van der Waals surface area contributed by atoms with Crippen molar-refractivity contribution in [1.82, 2.24) is 5.06 Å². The lowest BCUT2D eigenvalue weighted by atomic mass is 10.6. The molecule has 1 atom stereocenters. The van der Waals surface area contributed by atoms with Gasteiger partial charge in [-0.1, -0.05) is 0 Å². The van der Waals surface area contributed by atoms with Gasteiger partial charge in [-0.3, -0.25) is 4.55 Å². The van der Waals surface area contributed by atoms with Crippen molar-refractivity contribution in [3.05, 3.63) is 0 Å². The van der Waals surface area contributed by atoms with Crippen molar-refractivity contribution in [2.45, 2.75) is 13.2 Å². The van der Waals surface area contributed by atoms with Crippen LogP contribution in [0.1, 0.15) is 6.92 Å². The summed E-state index contributed by atoms with van der Waals surface area (Å²) in [6.45, 7) is 1.60. The highest BCUT2D eigenvalue weighted by molar-refractivity contribution is 7.85. The third kappa shape index (κ3) is 5.10. The topological polar surface area (TPSA) is 98.1 Å². The normalized spacial score (nSPS) is 15.4. The molecule has 1 unspecified atom stereocenters. The molecule has 0 fully saturated rings. The van der Waals surface area contributed by atoms with Gasteiger partial charge in [0.15, 0.2) is 0 Å². The Morgan fingerprint density at radius 3 is 2.27 bits per heavy atom. The molecule has 0 aromatic rings. The van der Waals surface area contributed by atoms with E-state index in [-0.39, 0.29) is 6.54 Å². The first-order valence-corrected chi connectivity index (χ1v) is 4.56. The minimum absolute atomic E-state index is 0.0800. The second-order valence-electron chi connectivity index (χ2n) is 1.98. The fourth-order valence-corrected chi connectivity index (χ4v) is 1.03. The smallest absolute Gasteiger partial charge is 0.268 e.